The van der Waals surface area contributed by atoms with Crippen LogP contribution >= 0.6 is 0 Å². The zero-order valence-corrected chi connectivity index (χ0v) is 24.4. The van der Waals surface area contributed by atoms with Crippen LogP contribution in [0.3, 0.4) is 0 Å². The highest BCUT2D eigenvalue weighted by atomic mass is 16.5. The van der Waals surface area contributed by atoms with Crippen molar-refractivity contribution in [3.8, 4) is 28.7 Å². The first-order valence-corrected chi connectivity index (χ1v) is 15.2. The van der Waals surface area contributed by atoms with E-state index in [9.17, 15) is 10.1 Å². The third kappa shape index (κ3) is 10.5. The number of benzene rings is 3. The van der Waals surface area contributed by atoms with Crippen molar-refractivity contribution in [2.75, 3.05) is 6.61 Å². The van der Waals surface area contributed by atoms with Crippen molar-refractivity contribution in [3.05, 3.63) is 83.4 Å². The molecule has 0 aliphatic carbocycles. The Morgan fingerprint density at radius 3 is 1.90 bits per heavy atom. The molecule has 3 rings (SSSR count). The second kappa shape index (κ2) is 17.9. The van der Waals surface area contributed by atoms with Gasteiger partial charge in [0.1, 0.15) is 11.5 Å². The second-order valence-electron chi connectivity index (χ2n) is 10.6. The van der Waals surface area contributed by atoms with Crippen molar-refractivity contribution in [2.24, 2.45) is 0 Å². The van der Waals surface area contributed by atoms with Crippen LogP contribution in [0.5, 0.6) is 11.5 Å². The van der Waals surface area contributed by atoms with E-state index in [0.717, 1.165) is 47.3 Å². The molecule has 0 spiro atoms. The van der Waals surface area contributed by atoms with E-state index < -0.39 is 5.97 Å². The number of nitrogens with zero attached hydrogens (tertiary/aromatic N) is 1. The Morgan fingerprint density at radius 2 is 1.25 bits per heavy atom. The lowest BCUT2D eigenvalue weighted by Crippen LogP contribution is -2.08. The summed E-state index contributed by atoms with van der Waals surface area (Å²) in [5, 5.41) is 9.71. The Bertz CT molecular complexity index is 1190. The molecule has 0 bridgehead atoms. The van der Waals surface area contributed by atoms with Gasteiger partial charge in [-0.1, -0.05) is 102 Å². The Kier molecular flexibility index (Phi) is 13.9. The lowest BCUT2D eigenvalue weighted by Gasteiger charge is -2.09. The van der Waals surface area contributed by atoms with Gasteiger partial charge >= 0.3 is 5.97 Å². The number of carbonyl (C=O) groups excluding carboxylic acids is 1. The zero-order valence-electron chi connectivity index (χ0n) is 24.4. The van der Waals surface area contributed by atoms with Gasteiger partial charge < -0.3 is 9.47 Å². The van der Waals surface area contributed by atoms with Gasteiger partial charge in [0.25, 0.3) is 0 Å². The van der Waals surface area contributed by atoms with Gasteiger partial charge in [0.15, 0.2) is 0 Å². The van der Waals surface area contributed by atoms with Crippen molar-refractivity contribution in [1.29, 1.82) is 5.26 Å². The molecule has 0 saturated carbocycles. The van der Waals surface area contributed by atoms with E-state index in [1.54, 1.807) is 24.3 Å². The van der Waals surface area contributed by atoms with Crippen molar-refractivity contribution in [3.63, 3.8) is 0 Å². The van der Waals surface area contributed by atoms with E-state index in [1.165, 1.54) is 64.2 Å². The summed E-state index contributed by atoms with van der Waals surface area (Å²) in [6.45, 7) is 5.16. The maximum absolute atomic E-state index is 12.7. The van der Waals surface area contributed by atoms with Gasteiger partial charge in [-0.2, -0.15) is 5.26 Å². The van der Waals surface area contributed by atoms with E-state index in [0.29, 0.717) is 17.9 Å². The molecule has 0 fully saturated rings. The molecule has 0 atom stereocenters. The van der Waals surface area contributed by atoms with Crippen molar-refractivity contribution < 1.29 is 14.3 Å². The standard InChI is InChI=1S/C36H45NO3/c1-3-5-7-9-11-13-15-29-18-21-32(27-33(29)28-37)30-16-19-31(20-17-30)36(38)40-35-24-22-34(23-25-35)39-26-14-12-10-8-6-4-2/h16-25,27H,3-15,26H2,1-2H3. The van der Waals surface area contributed by atoms with Crippen molar-refractivity contribution >= 4 is 5.97 Å². The molecule has 40 heavy (non-hydrogen) atoms. The smallest absolute Gasteiger partial charge is 0.343 e. The highest BCUT2D eigenvalue weighted by Gasteiger charge is 2.11. The fourth-order valence-corrected chi connectivity index (χ4v) is 4.81. The van der Waals surface area contributed by atoms with Crippen LogP contribution < -0.4 is 9.47 Å². The molecule has 0 unspecified atom stereocenters. The molecule has 4 heteroatoms. The van der Waals surface area contributed by atoms with Crippen molar-refractivity contribution in [2.45, 2.75) is 97.3 Å². The first-order valence-electron chi connectivity index (χ1n) is 15.2. The Labute approximate surface area is 241 Å². The van der Waals surface area contributed by atoms with Gasteiger partial charge in [-0.15, -0.1) is 0 Å². The second-order valence-corrected chi connectivity index (χ2v) is 10.6. The maximum atomic E-state index is 12.7. The zero-order chi connectivity index (χ0) is 28.4. The van der Waals surface area contributed by atoms with Crippen LogP contribution in [0.4, 0.5) is 0 Å². The summed E-state index contributed by atoms with van der Waals surface area (Å²) in [4.78, 5) is 12.7. The van der Waals surface area contributed by atoms with E-state index in [1.807, 2.05) is 30.3 Å². The van der Waals surface area contributed by atoms with Gasteiger partial charge in [-0.3, -0.25) is 0 Å². The highest BCUT2D eigenvalue weighted by Crippen LogP contribution is 2.25. The average Bonchev–Trinajstić information content (AvgIpc) is 2.99. The first kappa shape index (κ1) is 31.0. The molecule has 3 aromatic carbocycles. The summed E-state index contributed by atoms with van der Waals surface area (Å²) in [6.07, 6.45) is 15.8. The van der Waals surface area contributed by atoms with E-state index in [-0.39, 0.29) is 0 Å². The SMILES string of the molecule is CCCCCCCCOc1ccc(OC(=O)c2ccc(-c3ccc(CCCCCCCC)c(C#N)c3)cc2)cc1. The summed E-state index contributed by atoms with van der Waals surface area (Å²) in [6, 6.07) is 23.0. The third-order valence-electron chi connectivity index (χ3n) is 7.28. The third-order valence-corrected chi connectivity index (χ3v) is 7.28. The number of nitriles is 1. The summed E-state index contributed by atoms with van der Waals surface area (Å²) in [5.74, 6) is 0.868. The molecular formula is C36H45NO3. The summed E-state index contributed by atoms with van der Waals surface area (Å²) >= 11 is 0. The fraction of sp³-hybridized carbons (Fsp3) is 0.444. The lowest BCUT2D eigenvalue weighted by atomic mass is 9.96. The number of ether oxygens (including phenoxy) is 2. The molecule has 0 aliphatic rings. The number of hydrogen-bond acceptors (Lipinski definition) is 4. The minimum absolute atomic E-state index is 0.403. The Morgan fingerprint density at radius 1 is 0.675 bits per heavy atom. The summed E-state index contributed by atoms with van der Waals surface area (Å²) in [5.41, 5.74) is 4.26. The Hall–Kier alpha value is -3.58. The maximum Gasteiger partial charge on any atom is 0.343 e. The number of hydrogen-bond donors (Lipinski definition) is 0. The van der Waals surface area contributed by atoms with Crippen LogP contribution in [-0.2, 0) is 6.42 Å². The van der Waals surface area contributed by atoms with Gasteiger partial charge in [-0.25, -0.2) is 4.79 Å². The van der Waals surface area contributed by atoms with Crippen LogP contribution in [0.2, 0.25) is 0 Å². The molecule has 3 aromatic rings. The number of unbranched alkanes of at least 4 members (excludes halogenated alkanes) is 10. The highest BCUT2D eigenvalue weighted by molar-refractivity contribution is 5.91. The summed E-state index contributed by atoms with van der Waals surface area (Å²) in [7, 11) is 0. The normalized spacial score (nSPS) is 10.7. The van der Waals surface area contributed by atoms with Gasteiger partial charge in [0.05, 0.1) is 23.8 Å². The molecule has 0 radical (unpaired) electrons. The number of aryl methyl sites for hydroxylation is 1. The first-order chi connectivity index (χ1) is 19.6. The minimum Gasteiger partial charge on any atom is -0.494 e. The monoisotopic (exact) mass is 539 g/mol. The van der Waals surface area contributed by atoms with E-state index in [2.05, 4.69) is 32.0 Å². The van der Waals surface area contributed by atoms with E-state index in [4.69, 9.17) is 9.47 Å². The number of rotatable bonds is 18. The van der Waals surface area contributed by atoms with Crippen LogP contribution in [0.1, 0.15) is 112 Å². The minimum atomic E-state index is -0.403. The van der Waals surface area contributed by atoms with Gasteiger partial charge in [-0.05, 0) is 78.4 Å². The predicted molar refractivity (Wildman–Crippen MR) is 164 cm³/mol. The summed E-state index contributed by atoms with van der Waals surface area (Å²) < 4.78 is 11.4. The van der Waals surface area contributed by atoms with Gasteiger partial charge in [0.2, 0.25) is 0 Å². The molecular weight excluding hydrogens is 494 g/mol. The van der Waals surface area contributed by atoms with Crippen LogP contribution in [0.15, 0.2) is 66.7 Å². The largest absolute Gasteiger partial charge is 0.494 e. The topological polar surface area (TPSA) is 59.3 Å². The predicted octanol–water partition coefficient (Wildman–Crippen LogP) is 10.1. The lowest BCUT2D eigenvalue weighted by molar-refractivity contribution is 0.0734. The molecule has 0 amide bonds. The average molecular weight is 540 g/mol. The molecule has 0 saturated heterocycles. The molecule has 0 N–H and O–H groups in total. The number of esters is 1. The van der Waals surface area contributed by atoms with Crippen LogP contribution in [0.25, 0.3) is 11.1 Å². The molecule has 0 aromatic heterocycles. The Balaban J connectivity index is 1.48. The van der Waals surface area contributed by atoms with E-state index >= 15 is 0 Å². The van der Waals surface area contributed by atoms with Crippen LogP contribution in [0, 0.1) is 11.3 Å². The molecule has 212 valence electrons. The number of carbonyl (C=O) groups is 1. The van der Waals surface area contributed by atoms with Crippen molar-refractivity contribution in [1.82, 2.24) is 0 Å². The fourth-order valence-electron chi connectivity index (χ4n) is 4.81. The van der Waals surface area contributed by atoms with Gasteiger partial charge in [0, 0.05) is 0 Å². The molecule has 0 aliphatic heterocycles. The quantitative estimate of drug-likeness (QED) is 0.0916. The molecule has 4 nitrogen and oxygen atoms in total. The molecule has 0 heterocycles. The van der Waals surface area contributed by atoms with Crippen LogP contribution in [-0.4, -0.2) is 12.6 Å².